The van der Waals surface area contributed by atoms with Crippen LogP contribution >= 0.6 is 0 Å². The molecule has 2 heterocycles. The molecule has 26 heavy (non-hydrogen) atoms. The average molecular weight is 357 g/mol. The summed E-state index contributed by atoms with van der Waals surface area (Å²) >= 11 is 0. The van der Waals surface area contributed by atoms with Crippen molar-refractivity contribution < 1.29 is 18.7 Å². The van der Waals surface area contributed by atoms with E-state index in [2.05, 4.69) is 15.5 Å². The Labute approximate surface area is 152 Å². The summed E-state index contributed by atoms with van der Waals surface area (Å²) in [5.41, 5.74) is 1.58. The van der Waals surface area contributed by atoms with Crippen LogP contribution in [0.1, 0.15) is 23.0 Å². The molecule has 3 rings (SSSR count). The summed E-state index contributed by atoms with van der Waals surface area (Å²) in [6.07, 6.45) is 1.55. The number of amides is 2. The van der Waals surface area contributed by atoms with Crippen LogP contribution in [0.25, 0.3) is 0 Å². The van der Waals surface area contributed by atoms with Gasteiger partial charge in [0, 0.05) is 24.3 Å². The quantitative estimate of drug-likeness (QED) is 0.820. The van der Waals surface area contributed by atoms with Gasteiger partial charge in [0.2, 0.25) is 5.91 Å². The number of benzene rings is 1. The standard InChI is InChI=1S/C19H23N3O4/c1-14(18(23)20-13-17-3-2-10-26-17)21-19(24)15-4-6-16(7-5-15)22-8-11-25-12-9-22/h2-7,10,14H,8-9,11-13H2,1H3,(H,20,23)(H,21,24). The van der Waals surface area contributed by atoms with Crippen LogP contribution in [0.15, 0.2) is 47.1 Å². The van der Waals surface area contributed by atoms with Crippen molar-refractivity contribution in [3.8, 4) is 0 Å². The molecule has 1 aromatic heterocycles. The molecular formula is C19H23N3O4. The van der Waals surface area contributed by atoms with Gasteiger partial charge in [-0.25, -0.2) is 0 Å². The van der Waals surface area contributed by atoms with E-state index >= 15 is 0 Å². The summed E-state index contributed by atoms with van der Waals surface area (Å²) in [5.74, 6) is 0.120. The second-order valence-corrected chi connectivity index (χ2v) is 6.14. The number of furan rings is 1. The minimum Gasteiger partial charge on any atom is -0.467 e. The number of rotatable bonds is 6. The first kappa shape index (κ1) is 18.0. The Bertz CT molecular complexity index is 722. The maximum atomic E-state index is 12.3. The fraction of sp³-hybridized carbons (Fsp3) is 0.368. The van der Waals surface area contributed by atoms with Gasteiger partial charge in [-0.2, -0.15) is 0 Å². The maximum Gasteiger partial charge on any atom is 0.251 e. The molecule has 2 aromatic rings. The lowest BCUT2D eigenvalue weighted by Gasteiger charge is -2.28. The third-order valence-electron chi connectivity index (χ3n) is 4.26. The summed E-state index contributed by atoms with van der Waals surface area (Å²) < 4.78 is 10.5. The summed E-state index contributed by atoms with van der Waals surface area (Å²) in [5, 5.41) is 5.44. The Kier molecular flexibility index (Phi) is 5.91. The van der Waals surface area contributed by atoms with Crippen LogP contribution in [0.5, 0.6) is 0 Å². The Morgan fingerprint density at radius 3 is 2.54 bits per heavy atom. The van der Waals surface area contributed by atoms with Crippen LogP contribution in [0, 0.1) is 0 Å². The molecule has 0 bridgehead atoms. The van der Waals surface area contributed by atoms with Crippen molar-refractivity contribution in [3.05, 3.63) is 54.0 Å². The highest BCUT2D eigenvalue weighted by Gasteiger charge is 2.17. The van der Waals surface area contributed by atoms with Gasteiger partial charge >= 0.3 is 0 Å². The van der Waals surface area contributed by atoms with Crippen LogP contribution in [-0.4, -0.2) is 44.2 Å². The molecule has 2 amide bonds. The SMILES string of the molecule is CC(NC(=O)c1ccc(N2CCOCC2)cc1)C(=O)NCc1ccco1. The second kappa shape index (κ2) is 8.53. The van der Waals surface area contributed by atoms with Gasteiger partial charge in [-0.05, 0) is 43.3 Å². The number of nitrogens with one attached hydrogen (secondary N) is 2. The van der Waals surface area contributed by atoms with Gasteiger partial charge in [-0.1, -0.05) is 0 Å². The molecule has 1 atom stereocenters. The van der Waals surface area contributed by atoms with Crippen molar-refractivity contribution >= 4 is 17.5 Å². The number of carbonyl (C=O) groups is 2. The zero-order chi connectivity index (χ0) is 18.4. The van der Waals surface area contributed by atoms with E-state index < -0.39 is 6.04 Å². The number of morpholine rings is 1. The van der Waals surface area contributed by atoms with Crippen molar-refractivity contribution in [3.63, 3.8) is 0 Å². The number of carbonyl (C=O) groups excluding carboxylic acids is 2. The van der Waals surface area contributed by atoms with Crippen LogP contribution in [0.4, 0.5) is 5.69 Å². The lowest BCUT2D eigenvalue weighted by atomic mass is 10.1. The third-order valence-corrected chi connectivity index (χ3v) is 4.26. The molecule has 1 aliphatic rings. The molecule has 7 nitrogen and oxygen atoms in total. The molecule has 1 saturated heterocycles. The van der Waals surface area contributed by atoms with Gasteiger partial charge in [0.05, 0.1) is 26.0 Å². The molecule has 1 aromatic carbocycles. The van der Waals surface area contributed by atoms with E-state index in [-0.39, 0.29) is 11.8 Å². The van der Waals surface area contributed by atoms with E-state index in [0.717, 1.165) is 18.8 Å². The molecule has 2 N–H and O–H groups in total. The summed E-state index contributed by atoms with van der Waals surface area (Å²) in [4.78, 5) is 26.6. The summed E-state index contributed by atoms with van der Waals surface area (Å²) in [6, 6.07) is 10.3. The molecule has 1 aliphatic heterocycles. The molecular weight excluding hydrogens is 334 g/mol. The van der Waals surface area contributed by atoms with Crippen LogP contribution in [-0.2, 0) is 16.1 Å². The molecule has 138 valence electrons. The Morgan fingerprint density at radius 1 is 1.15 bits per heavy atom. The first-order valence-corrected chi connectivity index (χ1v) is 8.67. The highest BCUT2D eigenvalue weighted by atomic mass is 16.5. The number of hydrogen-bond donors (Lipinski definition) is 2. The lowest BCUT2D eigenvalue weighted by Crippen LogP contribution is -2.44. The Hall–Kier alpha value is -2.80. The number of anilines is 1. The van der Waals surface area contributed by atoms with Crippen molar-refractivity contribution in [2.75, 3.05) is 31.2 Å². The zero-order valence-electron chi connectivity index (χ0n) is 14.7. The number of ether oxygens (including phenoxy) is 1. The van der Waals surface area contributed by atoms with Gasteiger partial charge in [0.15, 0.2) is 0 Å². The molecule has 0 radical (unpaired) electrons. The monoisotopic (exact) mass is 357 g/mol. The topological polar surface area (TPSA) is 83.8 Å². The predicted octanol–water partition coefficient (Wildman–Crippen LogP) is 1.55. The normalized spacial score (nSPS) is 15.3. The Balaban J connectivity index is 1.50. The van der Waals surface area contributed by atoms with Crippen LogP contribution in [0.3, 0.4) is 0 Å². The minimum absolute atomic E-state index is 0.264. The van der Waals surface area contributed by atoms with E-state index in [1.165, 1.54) is 0 Å². The fourth-order valence-corrected chi connectivity index (χ4v) is 2.73. The Morgan fingerprint density at radius 2 is 1.88 bits per heavy atom. The van der Waals surface area contributed by atoms with E-state index in [9.17, 15) is 9.59 Å². The predicted molar refractivity (Wildman–Crippen MR) is 97.0 cm³/mol. The van der Waals surface area contributed by atoms with Gasteiger partial charge in [0.1, 0.15) is 11.8 Å². The van der Waals surface area contributed by atoms with E-state index in [1.54, 1.807) is 37.5 Å². The fourth-order valence-electron chi connectivity index (χ4n) is 2.73. The average Bonchev–Trinajstić information content (AvgIpc) is 3.20. The van der Waals surface area contributed by atoms with E-state index in [1.807, 2.05) is 12.1 Å². The zero-order valence-corrected chi connectivity index (χ0v) is 14.7. The van der Waals surface area contributed by atoms with Crippen LogP contribution in [0.2, 0.25) is 0 Å². The first-order valence-electron chi connectivity index (χ1n) is 8.67. The summed E-state index contributed by atoms with van der Waals surface area (Å²) in [7, 11) is 0. The third kappa shape index (κ3) is 4.64. The molecule has 7 heteroatoms. The highest BCUT2D eigenvalue weighted by molar-refractivity contribution is 5.97. The molecule has 0 saturated carbocycles. The van der Waals surface area contributed by atoms with Gasteiger partial charge in [-0.3, -0.25) is 9.59 Å². The van der Waals surface area contributed by atoms with Crippen molar-refractivity contribution in [1.29, 1.82) is 0 Å². The van der Waals surface area contributed by atoms with E-state index in [0.29, 0.717) is 31.1 Å². The summed E-state index contributed by atoms with van der Waals surface area (Å²) in [6.45, 7) is 5.06. The van der Waals surface area contributed by atoms with Crippen molar-refractivity contribution in [1.82, 2.24) is 10.6 Å². The highest BCUT2D eigenvalue weighted by Crippen LogP contribution is 2.16. The minimum atomic E-state index is -0.642. The maximum absolute atomic E-state index is 12.3. The molecule has 1 fully saturated rings. The van der Waals surface area contributed by atoms with Crippen LogP contribution < -0.4 is 15.5 Å². The smallest absolute Gasteiger partial charge is 0.251 e. The first-order chi connectivity index (χ1) is 12.6. The number of hydrogen-bond acceptors (Lipinski definition) is 5. The van der Waals surface area contributed by atoms with E-state index in [4.69, 9.17) is 9.15 Å². The van der Waals surface area contributed by atoms with Crippen molar-refractivity contribution in [2.45, 2.75) is 19.5 Å². The molecule has 0 spiro atoms. The van der Waals surface area contributed by atoms with Gasteiger partial charge < -0.3 is 24.7 Å². The molecule has 1 unspecified atom stereocenters. The van der Waals surface area contributed by atoms with Gasteiger partial charge in [0.25, 0.3) is 5.91 Å². The van der Waals surface area contributed by atoms with Gasteiger partial charge in [-0.15, -0.1) is 0 Å². The largest absolute Gasteiger partial charge is 0.467 e. The lowest BCUT2D eigenvalue weighted by molar-refractivity contribution is -0.122. The molecule has 0 aliphatic carbocycles. The van der Waals surface area contributed by atoms with Crippen molar-refractivity contribution in [2.24, 2.45) is 0 Å². The second-order valence-electron chi connectivity index (χ2n) is 6.14. The number of nitrogens with zero attached hydrogens (tertiary/aromatic N) is 1.